The number of ether oxygens (including phenoxy) is 1. The Kier molecular flexibility index (Phi) is 5.34. The van der Waals surface area contributed by atoms with Gasteiger partial charge in [0.15, 0.2) is 11.3 Å². The van der Waals surface area contributed by atoms with Gasteiger partial charge in [-0.1, -0.05) is 24.3 Å². The van der Waals surface area contributed by atoms with Crippen LogP contribution >= 0.6 is 0 Å². The standard InChI is InChI=1S/C27H25FN6O/c1-33-11-2-3-24(33)18-6-4-17(5-7-18)21-14-30-27(34-16-19(13-29)32-26(21)34)31-15-22-20-10-12-35-25(20)9-8-23(22)28/h4-9,14,16,24H,2-3,10-12,15H2,1H3,(H,30,31). The predicted octanol–water partition coefficient (Wildman–Crippen LogP) is 4.72. The summed E-state index contributed by atoms with van der Waals surface area (Å²) in [7, 11) is 2.17. The molecule has 0 bridgehead atoms. The van der Waals surface area contributed by atoms with Crippen molar-refractivity contribution in [3.05, 3.63) is 77.0 Å². The van der Waals surface area contributed by atoms with Crippen molar-refractivity contribution in [3.8, 4) is 22.9 Å². The molecule has 4 heterocycles. The van der Waals surface area contributed by atoms with E-state index in [9.17, 15) is 9.65 Å². The van der Waals surface area contributed by atoms with Gasteiger partial charge in [-0.2, -0.15) is 5.26 Å². The zero-order valence-electron chi connectivity index (χ0n) is 19.5. The zero-order chi connectivity index (χ0) is 23.9. The summed E-state index contributed by atoms with van der Waals surface area (Å²) in [4.78, 5) is 11.5. The lowest BCUT2D eigenvalue weighted by atomic mass is 10.0. The molecule has 7 nitrogen and oxygen atoms in total. The summed E-state index contributed by atoms with van der Waals surface area (Å²) in [5.74, 6) is 0.960. The molecule has 1 unspecified atom stereocenters. The molecular formula is C27H25FN6O. The molecule has 0 saturated carbocycles. The first-order valence-corrected chi connectivity index (χ1v) is 11.9. The van der Waals surface area contributed by atoms with Crippen molar-refractivity contribution in [2.45, 2.75) is 31.8 Å². The summed E-state index contributed by atoms with van der Waals surface area (Å²) in [6, 6.07) is 14.2. The van der Waals surface area contributed by atoms with Crippen molar-refractivity contribution in [1.29, 1.82) is 5.26 Å². The van der Waals surface area contributed by atoms with Gasteiger partial charge in [-0.05, 0) is 49.7 Å². The lowest BCUT2D eigenvalue weighted by Crippen LogP contribution is -2.17. The number of halogens is 1. The van der Waals surface area contributed by atoms with Crippen LogP contribution in [0.15, 0.2) is 48.8 Å². The first-order valence-electron chi connectivity index (χ1n) is 11.9. The molecule has 0 aliphatic carbocycles. The molecule has 1 N–H and O–H groups in total. The molecule has 1 saturated heterocycles. The molecule has 6 rings (SSSR count). The molecule has 35 heavy (non-hydrogen) atoms. The zero-order valence-corrected chi connectivity index (χ0v) is 19.5. The quantitative estimate of drug-likeness (QED) is 0.457. The minimum Gasteiger partial charge on any atom is -0.493 e. The summed E-state index contributed by atoms with van der Waals surface area (Å²) in [6.07, 6.45) is 6.49. The van der Waals surface area contributed by atoms with E-state index in [-0.39, 0.29) is 12.4 Å². The van der Waals surface area contributed by atoms with E-state index in [1.807, 2.05) is 0 Å². The summed E-state index contributed by atoms with van der Waals surface area (Å²) in [5.41, 5.74) is 5.52. The number of nitriles is 1. The van der Waals surface area contributed by atoms with Gasteiger partial charge in [0, 0.05) is 41.9 Å². The molecule has 2 aromatic heterocycles. The Morgan fingerprint density at radius 3 is 2.86 bits per heavy atom. The molecule has 2 aromatic carbocycles. The van der Waals surface area contributed by atoms with Crippen LogP contribution in [-0.2, 0) is 13.0 Å². The maximum Gasteiger partial charge on any atom is 0.208 e. The van der Waals surface area contributed by atoms with Crippen LogP contribution in [0.25, 0.3) is 16.8 Å². The molecule has 176 valence electrons. The second-order valence-electron chi connectivity index (χ2n) is 9.14. The molecule has 2 aliphatic rings. The average Bonchev–Trinajstić information content (AvgIpc) is 3.63. The Morgan fingerprint density at radius 1 is 1.23 bits per heavy atom. The van der Waals surface area contributed by atoms with Crippen molar-refractivity contribution in [1.82, 2.24) is 19.3 Å². The van der Waals surface area contributed by atoms with Crippen molar-refractivity contribution < 1.29 is 9.13 Å². The number of hydrogen-bond donors (Lipinski definition) is 1. The Balaban J connectivity index is 1.33. The summed E-state index contributed by atoms with van der Waals surface area (Å²) < 4.78 is 21.9. The number of rotatable bonds is 5. The summed E-state index contributed by atoms with van der Waals surface area (Å²) in [5, 5.41) is 12.7. The van der Waals surface area contributed by atoms with E-state index in [1.54, 1.807) is 22.9 Å². The van der Waals surface area contributed by atoms with E-state index >= 15 is 0 Å². The fourth-order valence-corrected chi connectivity index (χ4v) is 5.26. The largest absolute Gasteiger partial charge is 0.493 e. The van der Waals surface area contributed by atoms with Gasteiger partial charge in [0.05, 0.1) is 12.8 Å². The monoisotopic (exact) mass is 468 g/mol. The molecule has 0 amide bonds. The number of hydrogen-bond acceptors (Lipinski definition) is 6. The highest BCUT2D eigenvalue weighted by atomic mass is 19.1. The SMILES string of the molecule is CN1CCCC1c1ccc(-c2cnc(NCc3c(F)ccc4c3CCO4)n3cc(C#N)nc23)cc1. The van der Waals surface area contributed by atoms with Crippen LogP contribution in [0.3, 0.4) is 0 Å². The first kappa shape index (κ1) is 21.6. The second-order valence-corrected chi connectivity index (χ2v) is 9.14. The van der Waals surface area contributed by atoms with E-state index in [4.69, 9.17) is 4.74 Å². The second kappa shape index (κ2) is 8.67. The molecule has 0 spiro atoms. The molecule has 8 heteroatoms. The minimum absolute atomic E-state index is 0.253. The molecule has 0 radical (unpaired) electrons. The van der Waals surface area contributed by atoms with Gasteiger partial charge < -0.3 is 10.1 Å². The Bertz CT molecular complexity index is 1460. The summed E-state index contributed by atoms with van der Waals surface area (Å²) >= 11 is 0. The summed E-state index contributed by atoms with van der Waals surface area (Å²) in [6.45, 7) is 1.94. The number of imidazole rings is 1. The van der Waals surface area contributed by atoms with Crippen LogP contribution < -0.4 is 10.1 Å². The van der Waals surface area contributed by atoms with Gasteiger partial charge >= 0.3 is 0 Å². The third-order valence-electron chi connectivity index (χ3n) is 7.10. The number of anilines is 1. The van der Waals surface area contributed by atoms with Crippen LogP contribution in [0, 0.1) is 17.1 Å². The number of aromatic nitrogens is 3. The highest BCUT2D eigenvalue weighted by Gasteiger charge is 2.23. The fraction of sp³-hybridized carbons (Fsp3) is 0.296. The van der Waals surface area contributed by atoms with Gasteiger partial charge in [0.25, 0.3) is 0 Å². The van der Waals surface area contributed by atoms with E-state index in [2.05, 4.69) is 57.6 Å². The lowest BCUT2D eigenvalue weighted by Gasteiger charge is -2.20. The Labute approximate surface area is 202 Å². The van der Waals surface area contributed by atoms with Crippen LogP contribution in [0.1, 0.15) is 41.3 Å². The van der Waals surface area contributed by atoms with Crippen molar-refractivity contribution in [2.75, 3.05) is 25.5 Å². The van der Waals surface area contributed by atoms with Crippen LogP contribution in [0.5, 0.6) is 5.75 Å². The molecular weight excluding hydrogens is 443 g/mol. The predicted molar refractivity (Wildman–Crippen MR) is 131 cm³/mol. The van der Waals surface area contributed by atoms with E-state index in [0.29, 0.717) is 41.9 Å². The lowest BCUT2D eigenvalue weighted by molar-refractivity contribution is 0.317. The van der Waals surface area contributed by atoms with Crippen LogP contribution in [0.4, 0.5) is 10.3 Å². The highest BCUT2D eigenvalue weighted by molar-refractivity contribution is 5.78. The van der Waals surface area contributed by atoms with Gasteiger partial charge in [-0.15, -0.1) is 0 Å². The normalized spacial score (nSPS) is 17.3. The van der Waals surface area contributed by atoms with Gasteiger partial charge in [0.2, 0.25) is 5.95 Å². The smallest absolute Gasteiger partial charge is 0.208 e. The van der Waals surface area contributed by atoms with Crippen LogP contribution in [0.2, 0.25) is 0 Å². The minimum atomic E-state index is -0.272. The van der Waals surface area contributed by atoms with E-state index in [1.165, 1.54) is 24.5 Å². The van der Waals surface area contributed by atoms with E-state index < -0.39 is 0 Å². The average molecular weight is 469 g/mol. The first-order chi connectivity index (χ1) is 17.1. The Hall–Kier alpha value is -3.96. The van der Waals surface area contributed by atoms with Crippen LogP contribution in [-0.4, -0.2) is 39.5 Å². The third-order valence-corrected chi connectivity index (χ3v) is 7.10. The molecule has 4 aromatic rings. The number of likely N-dealkylation sites (tertiary alicyclic amines) is 1. The maximum atomic E-state index is 14.6. The van der Waals surface area contributed by atoms with Crippen molar-refractivity contribution in [2.24, 2.45) is 0 Å². The highest BCUT2D eigenvalue weighted by Crippen LogP contribution is 2.33. The van der Waals surface area contributed by atoms with Gasteiger partial charge in [-0.25, -0.2) is 14.4 Å². The number of nitrogens with one attached hydrogen (secondary N) is 1. The third kappa shape index (κ3) is 3.78. The fourth-order valence-electron chi connectivity index (χ4n) is 5.26. The van der Waals surface area contributed by atoms with Crippen molar-refractivity contribution in [3.63, 3.8) is 0 Å². The van der Waals surface area contributed by atoms with Gasteiger partial charge in [0.1, 0.15) is 17.6 Å². The Morgan fingerprint density at radius 2 is 2.09 bits per heavy atom. The topological polar surface area (TPSA) is 78.5 Å². The number of benzene rings is 2. The number of fused-ring (bicyclic) bond motifs is 2. The molecule has 2 aliphatic heterocycles. The number of nitrogens with zero attached hydrogens (tertiary/aromatic N) is 5. The molecule has 1 atom stereocenters. The van der Waals surface area contributed by atoms with Crippen molar-refractivity contribution >= 4 is 11.6 Å². The van der Waals surface area contributed by atoms with E-state index in [0.717, 1.165) is 29.0 Å². The van der Waals surface area contributed by atoms with Gasteiger partial charge in [-0.3, -0.25) is 9.30 Å². The molecule has 1 fully saturated rings. The maximum absolute atomic E-state index is 14.6.